The van der Waals surface area contributed by atoms with Crippen LogP contribution in [0.2, 0.25) is 0 Å². The fourth-order valence-corrected chi connectivity index (χ4v) is 2.39. The molecule has 0 aromatic heterocycles. The van der Waals surface area contributed by atoms with Crippen molar-refractivity contribution in [1.29, 1.82) is 0 Å². The van der Waals surface area contributed by atoms with Gasteiger partial charge in [0.25, 0.3) is 0 Å². The number of nitrogens with two attached hydrogens (primary N) is 1. The molecule has 0 bridgehead atoms. The summed E-state index contributed by atoms with van der Waals surface area (Å²) in [6, 6.07) is 0.209. The van der Waals surface area contributed by atoms with Crippen LogP contribution in [0.25, 0.3) is 0 Å². The first-order valence-corrected chi connectivity index (χ1v) is 7.07. The SMILES string of the molecule is CSCCC(=O)N1CCCC(C(C)N)C1. The third-order valence-electron chi connectivity index (χ3n) is 3.07. The molecule has 0 aromatic carbocycles. The summed E-state index contributed by atoms with van der Waals surface area (Å²) in [5, 5.41) is 0. The monoisotopic (exact) mass is 230 g/mol. The van der Waals surface area contributed by atoms with Gasteiger partial charge in [0.2, 0.25) is 5.91 Å². The number of hydrogen-bond donors (Lipinski definition) is 1. The molecular formula is C11H22N2OS. The fraction of sp³-hybridized carbons (Fsp3) is 0.909. The summed E-state index contributed by atoms with van der Waals surface area (Å²) in [5.74, 6) is 1.73. The molecule has 15 heavy (non-hydrogen) atoms. The summed E-state index contributed by atoms with van der Waals surface area (Å²) >= 11 is 1.73. The predicted octanol–water partition coefficient (Wildman–Crippen LogP) is 1.33. The number of nitrogens with zero attached hydrogens (tertiary/aromatic N) is 1. The lowest BCUT2D eigenvalue weighted by molar-refractivity contribution is -0.132. The number of likely N-dealkylation sites (tertiary alicyclic amines) is 1. The van der Waals surface area contributed by atoms with E-state index in [2.05, 4.69) is 0 Å². The number of carbonyl (C=O) groups excluding carboxylic acids is 1. The van der Waals surface area contributed by atoms with E-state index in [1.807, 2.05) is 18.1 Å². The second-order valence-electron chi connectivity index (χ2n) is 4.34. The third-order valence-corrected chi connectivity index (χ3v) is 3.69. The minimum Gasteiger partial charge on any atom is -0.342 e. The fourth-order valence-electron chi connectivity index (χ4n) is 2.01. The molecule has 4 heteroatoms. The van der Waals surface area contributed by atoms with E-state index < -0.39 is 0 Å². The van der Waals surface area contributed by atoms with Crippen molar-refractivity contribution < 1.29 is 4.79 Å². The normalized spacial score (nSPS) is 23.9. The van der Waals surface area contributed by atoms with E-state index in [-0.39, 0.29) is 6.04 Å². The Labute approximate surface area is 96.8 Å². The predicted molar refractivity (Wildman–Crippen MR) is 66.0 cm³/mol. The van der Waals surface area contributed by atoms with Crippen LogP contribution in [0.15, 0.2) is 0 Å². The number of amides is 1. The van der Waals surface area contributed by atoms with Gasteiger partial charge in [-0.15, -0.1) is 0 Å². The first-order valence-electron chi connectivity index (χ1n) is 5.67. The maximum Gasteiger partial charge on any atom is 0.223 e. The summed E-state index contributed by atoms with van der Waals surface area (Å²) in [6.07, 6.45) is 4.99. The summed E-state index contributed by atoms with van der Waals surface area (Å²) in [6.45, 7) is 3.84. The minimum atomic E-state index is 0.209. The molecule has 0 aliphatic carbocycles. The van der Waals surface area contributed by atoms with Crippen molar-refractivity contribution >= 4 is 17.7 Å². The molecule has 0 aromatic rings. The van der Waals surface area contributed by atoms with Gasteiger partial charge in [-0.05, 0) is 31.9 Å². The highest BCUT2D eigenvalue weighted by molar-refractivity contribution is 7.98. The smallest absolute Gasteiger partial charge is 0.223 e. The molecule has 0 radical (unpaired) electrons. The molecule has 1 amide bonds. The van der Waals surface area contributed by atoms with Crippen molar-refractivity contribution in [2.24, 2.45) is 11.7 Å². The van der Waals surface area contributed by atoms with E-state index in [0.29, 0.717) is 18.2 Å². The number of rotatable bonds is 4. The quantitative estimate of drug-likeness (QED) is 0.792. The third kappa shape index (κ3) is 4.03. The second kappa shape index (κ2) is 6.38. The van der Waals surface area contributed by atoms with Crippen LogP contribution >= 0.6 is 11.8 Å². The molecule has 1 aliphatic heterocycles. The zero-order valence-electron chi connectivity index (χ0n) is 9.74. The van der Waals surface area contributed by atoms with E-state index in [1.54, 1.807) is 11.8 Å². The maximum absolute atomic E-state index is 11.8. The molecular weight excluding hydrogens is 208 g/mol. The highest BCUT2D eigenvalue weighted by Gasteiger charge is 2.25. The Balaban J connectivity index is 2.38. The summed E-state index contributed by atoms with van der Waals surface area (Å²) < 4.78 is 0. The van der Waals surface area contributed by atoms with Crippen LogP contribution in [-0.4, -0.2) is 41.9 Å². The molecule has 88 valence electrons. The van der Waals surface area contributed by atoms with Crippen LogP contribution in [0.4, 0.5) is 0 Å². The van der Waals surface area contributed by atoms with Crippen LogP contribution < -0.4 is 5.73 Å². The molecule has 1 saturated heterocycles. The molecule has 1 rings (SSSR count). The summed E-state index contributed by atoms with van der Waals surface area (Å²) in [5.41, 5.74) is 5.89. The van der Waals surface area contributed by atoms with Gasteiger partial charge in [0.05, 0.1) is 0 Å². The number of carbonyl (C=O) groups is 1. The topological polar surface area (TPSA) is 46.3 Å². The van der Waals surface area contributed by atoms with E-state index in [1.165, 1.54) is 6.42 Å². The molecule has 0 saturated carbocycles. The molecule has 1 fully saturated rings. The molecule has 2 unspecified atom stereocenters. The second-order valence-corrected chi connectivity index (χ2v) is 5.33. The molecule has 3 nitrogen and oxygen atoms in total. The van der Waals surface area contributed by atoms with Crippen LogP contribution in [0.5, 0.6) is 0 Å². The highest BCUT2D eigenvalue weighted by atomic mass is 32.2. The Kier molecular flexibility index (Phi) is 5.47. The Bertz CT molecular complexity index is 209. The number of thioether (sulfide) groups is 1. The Morgan fingerprint density at radius 2 is 2.40 bits per heavy atom. The first kappa shape index (κ1) is 12.8. The van der Waals surface area contributed by atoms with Crippen molar-refractivity contribution in [2.45, 2.75) is 32.2 Å². The van der Waals surface area contributed by atoms with Crippen molar-refractivity contribution in [3.8, 4) is 0 Å². The van der Waals surface area contributed by atoms with Crippen molar-refractivity contribution in [3.05, 3.63) is 0 Å². The number of piperidine rings is 1. The first-order chi connectivity index (χ1) is 7.15. The van der Waals surface area contributed by atoms with Crippen LogP contribution in [0.1, 0.15) is 26.2 Å². The van der Waals surface area contributed by atoms with Gasteiger partial charge >= 0.3 is 0 Å². The van der Waals surface area contributed by atoms with Gasteiger partial charge in [0.1, 0.15) is 0 Å². The number of hydrogen-bond acceptors (Lipinski definition) is 3. The van der Waals surface area contributed by atoms with Crippen LogP contribution in [0, 0.1) is 5.92 Å². The average molecular weight is 230 g/mol. The lowest BCUT2D eigenvalue weighted by Crippen LogP contribution is -2.45. The van der Waals surface area contributed by atoms with E-state index >= 15 is 0 Å². The van der Waals surface area contributed by atoms with Gasteiger partial charge in [-0.2, -0.15) is 11.8 Å². The maximum atomic E-state index is 11.8. The lowest BCUT2D eigenvalue weighted by Gasteiger charge is -2.34. The minimum absolute atomic E-state index is 0.209. The summed E-state index contributed by atoms with van der Waals surface area (Å²) in [4.78, 5) is 13.8. The molecule has 1 heterocycles. The van der Waals surface area contributed by atoms with Gasteiger partial charge in [-0.25, -0.2) is 0 Å². The van der Waals surface area contributed by atoms with Gasteiger partial charge in [0, 0.05) is 31.3 Å². The molecule has 2 atom stereocenters. The van der Waals surface area contributed by atoms with Crippen molar-refractivity contribution in [2.75, 3.05) is 25.1 Å². The zero-order valence-corrected chi connectivity index (χ0v) is 10.6. The molecule has 2 N–H and O–H groups in total. The standard InChI is InChI=1S/C11H22N2OS/c1-9(12)10-4-3-6-13(8-10)11(14)5-7-15-2/h9-10H,3-8,12H2,1-2H3. The largest absolute Gasteiger partial charge is 0.342 e. The van der Waals surface area contributed by atoms with Crippen LogP contribution in [0.3, 0.4) is 0 Å². The van der Waals surface area contributed by atoms with Gasteiger partial charge in [0.15, 0.2) is 0 Å². The van der Waals surface area contributed by atoms with Crippen molar-refractivity contribution in [1.82, 2.24) is 4.90 Å². The lowest BCUT2D eigenvalue weighted by atomic mass is 9.92. The van der Waals surface area contributed by atoms with Gasteiger partial charge < -0.3 is 10.6 Å². The van der Waals surface area contributed by atoms with E-state index in [4.69, 9.17) is 5.73 Å². The van der Waals surface area contributed by atoms with Crippen molar-refractivity contribution in [3.63, 3.8) is 0 Å². The Morgan fingerprint density at radius 3 is 3.00 bits per heavy atom. The highest BCUT2D eigenvalue weighted by Crippen LogP contribution is 2.19. The van der Waals surface area contributed by atoms with Crippen LogP contribution in [-0.2, 0) is 4.79 Å². The van der Waals surface area contributed by atoms with Gasteiger partial charge in [-0.3, -0.25) is 4.79 Å². The summed E-state index contributed by atoms with van der Waals surface area (Å²) in [7, 11) is 0. The zero-order chi connectivity index (χ0) is 11.3. The average Bonchev–Trinajstić information content (AvgIpc) is 2.26. The Morgan fingerprint density at radius 1 is 1.67 bits per heavy atom. The Hall–Kier alpha value is -0.220. The molecule has 1 aliphatic rings. The molecule has 0 spiro atoms. The van der Waals surface area contributed by atoms with Gasteiger partial charge in [-0.1, -0.05) is 0 Å². The van der Waals surface area contributed by atoms with E-state index in [0.717, 1.165) is 25.3 Å². The van der Waals surface area contributed by atoms with E-state index in [9.17, 15) is 4.79 Å².